The number of hydrogen-bond acceptors (Lipinski definition) is 3. The third kappa shape index (κ3) is 2.87. The molecular weight excluding hydrogens is 247 g/mol. The number of hydrogen-bond donors (Lipinski definition) is 1. The quantitative estimate of drug-likeness (QED) is 0.847. The second-order valence-corrected chi connectivity index (χ2v) is 4.18. The van der Waals surface area contributed by atoms with Gasteiger partial charge in [0.2, 0.25) is 0 Å². The van der Waals surface area contributed by atoms with Crippen molar-refractivity contribution in [3.8, 4) is 11.5 Å². The van der Waals surface area contributed by atoms with Gasteiger partial charge < -0.3 is 14.8 Å². The average Bonchev–Trinajstić information content (AvgIpc) is 3.04. The van der Waals surface area contributed by atoms with Gasteiger partial charge in [0.15, 0.2) is 11.5 Å². The molecule has 2 atom stereocenters. The highest BCUT2D eigenvalue weighted by Gasteiger charge is 2.45. The first kappa shape index (κ1) is 13.0. The van der Waals surface area contributed by atoms with Crippen molar-refractivity contribution in [2.24, 2.45) is 0 Å². The van der Waals surface area contributed by atoms with Gasteiger partial charge in [0, 0.05) is 12.1 Å². The molecule has 2 unspecified atom stereocenters. The van der Waals surface area contributed by atoms with Crippen LogP contribution in [0.5, 0.6) is 11.5 Å². The van der Waals surface area contributed by atoms with Crippen LogP contribution in [0.1, 0.15) is 18.0 Å². The van der Waals surface area contributed by atoms with Crippen LogP contribution in [-0.2, 0) is 0 Å². The van der Waals surface area contributed by atoms with Crippen LogP contribution in [0.4, 0.5) is 13.2 Å². The molecule has 0 saturated carbocycles. The Morgan fingerprint density at radius 1 is 1.17 bits per heavy atom. The number of ether oxygens (including phenoxy) is 2. The third-order valence-corrected chi connectivity index (χ3v) is 2.90. The number of nitrogens with one attached hydrogen (secondary N) is 1. The second-order valence-electron chi connectivity index (χ2n) is 4.18. The lowest BCUT2D eigenvalue weighted by molar-refractivity contribution is -0.134. The smallest absolute Gasteiger partial charge is 0.390 e. The maximum atomic E-state index is 12.2. The van der Waals surface area contributed by atoms with Gasteiger partial charge in [-0.15, -0.1) is 0 Å². The first-order valence-corrected chi connectivity index (χ1v) is 5.49. The zero-order valence-electron chi connectivity index (χ0n) is 10.0. The van der Waals surface area contributed by atoms with Gasteiger partial charge in [0.05, 0.1) is 20.6 Å². The number of alkyl halides is 3. The fourth-order valence-electron chi connectivity index (χ4n) is 1.98. The van der Waals surface area contributed by atoms with Crippen molar-refractivity contribution in [2.75, 3.05) is 14.2 Å². The van der Waals surface area contributed by atoms with E-state index in [1.165, 1.54) is 14.2 Å². The Labute approximate surface area is 103 Å². The molecule has 18 heavy (non-hydrogen) atoms. The average molecular weight is 261 g/mol. The van der Waals surface area contributed by atoms with E-state index < -0.39 is 18.6 Å². The Morgan fingerprint density at radius 2 is 1.83 bits per heavy atom. The van der Waals surface area contributed by atoms with Crippen molar-refractivity contribution in [2.45, 2.75) is 24.7 Å². The van der Waals surface area contributed by atoms with E-state index in [4.69, 9.17) is 9.47 Å². The summed E-state index contributed by atoms with van der Waals surface area (Å²) in [4.78, 5) is 0. The summed E-state index contributed by atoms with van der Waals surface area (Å²) in [6.45, 7) is 0. The normalized spacial score (nSPS) is 22.7. The van der Waals surface area contributed by atoms with Crippen molar-refractivity contribution in [1.29, 1.82) is 0 Å². The van der Waals surface area contributed by atoms with E-state index in [1.807, 2.05) is 0 Å². The Morgan fingerprint density at radius 3 is 2.39 bits per heavy atom. The molecule has 1 aliphatic heterocycles. The highest BCUT2D eigenvalue weighted by molar-refractivity contribution is 5.45. The summed E-state index contributed by atoms with van der Waals surface area (Å²) in [5, 5.41) is 2.81. The summed E-state index contributed by atoms with van der Waals surface area (Å²) in [5.41, 5.74) is 0.780. The number of halogens is 3. The van der Waals surface area contributed by atoms with Gasteiger partial charge in [-0.1, -0.05) is 6.07 Å². The zero-order valence-corrected chi connectivity index (χ0v) is 10.0. The number of benzene rings is 1. The molecule has 2 rings (SSSR count). The van der Waals surface area contributed by atoms with Crippen LogP contribution in [0.2, 0.25) is 0 Å². The molecule has 1 fully saturated rings. The summed E-state index contributed by atoms with van der Waals surface area (Å²) in [5.74, 6) is 1.09. The lowest BCUT2D eigenvalue weighted by Crippen LogP contribution is -2.12. The Balaban J connectivity index is 2.08. The van der Waals surface area contributed by atoms with Gasteiger partial charge in [-0.2, -0.15) is 13.2 Å². The fourth-order valence-corrected chi connectivity index (χ4v) is 1.98. The predicted octanol–water partition coefficient (Wildman–Crippen LogP) is 2.67. The van der Waals surface area contributed by atoms with Crippen LogP contribution in [0.15, 0.2) is 18.2 Å². The van der Waals surface area contributed by atoms with E-state index in [2.05, 4.69) is 5.32 Å². The van der Waals surface area contributed by atoms with E-state index in [9.17, 15) is 13.2 Å². The van der Waals surface area contributed by atoms with E-state index in [-0.39, 0.29) is 6.04 Å². The fraction of sp³-hybridized carbons (Fsp3) is 0.500. The Hall–Kier alpha value is -1.43. The lowest BCUT2D eigenvalue weighted by Gasteiger charge is -2.09. The van der Waals surface area contributed by atoms with Crippen LogP contribution < -0.4 is 14.8 Å². The molecule has 0 aromatic heterocycles. The molecule has 0 amide bonds. The molecule has 0 bridgehead atoms. The second kappa shape index (κ2) is 4.68. The molecule has 1 N–H and O–H groups in total. The molecule has 0 aliphatic carbocycles. The summed E-state index contributed by atoms with van der Waals surface area (Å²) < 4.78 is 46.8. The lowest BCUT2D eigenvalue weighted by atomic mass is 10.1. The summed E-state index contributed by atoms with van der Waals surface area (Å²) >= 11 is 0. The molecule has 3 nitrogen and oxygen atoms in total. The topological polar surface area (TPSA) is 40.4 Å². The summed E-state index contributed by atoms with van der Waals surface area (Å²) in [6, 6.07) is 4.34. The maximum Gasteiger partial charge on any atom is 0.390 e. The Bertz CT molecular complexity index is 434. The Kier molecular flexibility index (Phi) is 3.38. The molecule has 1 aliphatic rings. The van der Waals surface area contributed by atoms with Crippen molar-refractivity contribution in [1.82, 2.24) is 5.32 Å². The van der Waals surface area contributed by atoms with Crippen molar-refractivity contribution >= 4 is 0 Å². The van der Waals surface area contributed by atoms with Crippen LogP contribution >= 0.6 is 0 Å². The van der Waals surface area contributed by atoms with Gasteiger partial charge in [-0.3, -0.25) is 0 Å². The van der Waals surface area contributed by atoms with Crippen molar-refractivity contribution < 1.29 is 22.6 Å². The minimum Gasteiger partial charge on any atom is -0.493 e. The van der Waals surface area contributed by atoms with Gasteiger partial charge in [-0.05, 0) is 17.7 Å². The minimum absolute atomic E-state index is 0.258. The van der Waals surface area contributed by atoms with E-state index in [0.717, 1.165) is 5.56 Å². The van der Waals surface area contributed by atoms with Gasteiger partial charge >= 0.3 is 6.18 Å². The van der Waals surface area contributed by atoms with Crippen LogP contribution in [0.25, 0.3) is 0 Å². The summed E-state index contributed by atoms with van der Waals surface area (Å²) in [7, 11) is 3.01. The number of rotatable bonds is 4. The highest BCUT2D eigenvalue weighted by atomic mass is 19.4. The first-order valence-electron chi connectivity index (χ1n) is 5.49. The van der Waals surface area contributed by atoms with E-state index in [1.54, 1.807) is 18.2 Å². The third-order valence-electron chi connectivity index (χ3n) is 2.90. The van der Waals surface area contributed by atoms with Gasteiger partial charge in [0.1, 0.15) is 0 Å². The van der Waals surface area contributed by atoms with Gasteiger partial charge in [-0.25, -0.2) is 0 Å². The van der Waals surface area contributed by atoms with Gasteiger partial charge in [0.25, 0.3) is 0 Å². The standard InChI is InChI=1S/C12H14F3NO2/c1-17-9-4-3-7(5-10(9)18-2)11-8(16-11)6-12(13,14)15/h3-5,8,11,16H,6H2,1-2H3. The van der Waals surface area contributed by atoms with Crippen LogP contribution in [-0.4, -0.2) is 26.4 Å². The molecule has 1 aromatic rings. The minimum atomic E-state index is -4.14. The molecule has 1 aromatic carbocycles. The zero-order chi connectivity index (χ0) is 13.3. The predicted molar refractivity (Wildman–Crippen MR) is 59.9 cm³/mol. The van der Waals surface area contributed by atoms with E-state index in [0.29, 0.717) is 11.5 Å². The van der Waals surface area contributed by atoms with Crippen LogP contribution in [0.3, 0.4) is 0 Å². The van der Waals surface area contributed by atoms with Crippen molar-refractivity contribution in [3.05, 3.63) is 23.8 Å². The molecule has 0 radical (unpaired) electrons. The molecule has 1 heterocycles. The molecule has 1 saturated heterocycles. The highest BCUT2D eigenvalue weighted by Crippen LogP contribution is 2.40. The monoisotopic (exact) mass is 261 g/mol. The SMILES string of the molecule is COc1ccc(C2NC2CC(F)(F)F)cc1OC. The largest absolute Gasteiger partial charge is 0.493 e. The maximum absolute atomic E-state index is 12.2. The number of methoxy groups -OCH3 is 2. The van der Waals surface area contributed by atoms with Crippen LogP contribution in [0, 0.1) is 0 Å². The molecule has 6 heteroatoms. The molecular formula is C12H14F3NO2. The van der Waals surface area contributed by atoms with E-state index >= 15 is 0 Å². The first-order chi connectivity index (χ1) is 8.44. The summed E-state index contributed by atoms with van der Waals surface area (Å²) in [6.07, 6.45) is -4.95. The molecule has 100 valence electrons. The molecule has 0 spiro atoms. The van der Waals surface area contributed by atoms with Crippen molar-refractivity contribution in [3.63, 3.8) is 0 Å².